The Morgan fingerprint density at radius 3 is 0.750 bits per heavy atom. The summed E-state index contributed by atoms with van der Waals surface area (Å²) in [6.07, 6.45) is 0. The molecule has 0 aromatic heterocycles. The van der Waals surface area contributed by atoms with Crippen LogP contribution in [-0.2, 0) is 14.4 Å². The molecule has 0 rings (SSSR count). The first-order chi connectivity index (χ1) is 6.81. The Morgan fingerprint density at radius 1 is 0.688 bits per heavy atom. The zero-order valence-electron chi connectivity index (χ0n) is 7.78. The largest absolute Gasteiger partial charge is 3.00 e. The van der Waals surface area contributed by atoms with Gasteiger partial charge in [-0.05, 0) is 0 Å². The van der Waals surface area contributed by atoms with E-state index in [0.717, 1.165) is 0 Å². The fraction of sp³-hybridized carbons (Fsp3) is 0.500. The van der Waals surface area contributed by atoms with Crippen molar-refractivity contribution in [1.29, 1.82) is 0 Å². The molecule has 0 saturated heterocycles. The molecule has 0 saturated carbocycles. The zero-order chi connectivity index (χ0) is 12.9. The second kappa shape index (κ2) is 21.5. The minimum Gasteiger partial charge on any atom is -0.549 e. The number of carbonyl (C=O) groups is 3. The normalized spacial score (nSPS) is 6.94. The van der Waals surface area contributed by atoms with Crippen molar-refractivity contribution in [2.45, 2.75) is 0 Å². The maximum absolute atomic E-state index is 9.25. The van der Waals surface area contributed by atoms with Gasteiger partial charge in [0.25, 0.3) is 0 Å². The molecule has 0 spiro atoms. The van der Waals surface area contributed by atoms with Crippen LogP contribution < -0.4 is 15.3 Å². The molecule has 0 atom stereocenters. The van der Waals surface area contributed by atoms with Crippen molar-refractivity contribution in [3.8, 4) is 0 Å². The molecule has 10 heteroatoms. The summed E-state index contributed by atoms with van der Waals surface area (Å²) < 4.78 is 0.243. The molecule has 0 bridgehead atoms. The van der Waals surface area contributed by atoms with E-state index in [9.17, 15) is 29.7 Å². The second-order valence-corrected chi connectivity index (χ2v) is 3.81. The number of hydrogen-bond donors (Lipinski definition) is 0. The average molecular weight is 625 g/mol. The van der Waals surface area contributed by atoms with Gasteiger partial charge in [0.2, 0.25) is 0 Å². The molecule has 0 aromatic carbocycles. The van der Waals surface area contributed by atoms with Crippen molar-refractivity contribution < 1.29 is 29.7 Å². The van der Waals surface area contributed by atoms with Crippen LogP contribution in [0, 0.1) is 0 Å². The summed E-state index contributed by atoms with van der Waals surface area (Å²) in [6.45, 7) is 0. The molecule has 0 aliphatic heterocycles. The molecule has 0 heterocycles. The molecule has 0 unspecified atom stereocenters. The van der Waals surface area contributed by atoms with Gasteiger partial charge in [0.1, 0.15) is 0 Å². The summed E-state index contributed by atoms with van der Waals surface area (Å²) in [5.41, 5.74) is 0. The van der Waals surface area contributed by atoms with Gasteiger partial charge in [0.15, 0.2) is 0 Å². The summed E-state index contributed by atoms with van der Waals surface area (Å²) in [6, 6.07) is 0. The van der Waals surface area contributed by atoms with E-state index in [1.54, 1.807) is 67.8 Å². The fourth-order valence-electron chi connectivity index (χ4n) is 0. The fourth-order valence-corrected chi connectivity index (χ4v) is 0. The van der Waals surface area contributed by atoms with Crippen LogP contribution in [0.25, 0.3) is 0 Å². The molecule has 90 valence electrons. The summed E-state index contributed by atoms with van der Waals surface area (Å²) in [7, 11) is 0. The average Bonchev–Trinajstić information content (AvgIpc) is 2.19. The summed E-state index contributed by atoms with van der Waals surface area (Å²) in [4.78, 5) is 27.7. The first-order valence-electron chi connectivity index (χ1n) is 3.09. The van der Waals surface area contributed by atoms with Crippen molar-refractivity contribution in [3.05, 3.63) is 0 Å². The maximum Gasteiger partial charge on any atom is 3.00 e. The van der Waals surface area contributed by atoms with Gasteiger partial charge in [-0.1, -0.05) is 67.8 Å². The van der Waals surface area contributed by atoms with Crippen molar-refractivity contribution in [2.75, 3.05) is 13.3 Å². The monoisotopic (exact) mass is 624 g/mol. The third kappa shape index (κ3) is 59.0. The van der Waals surface area contributed by atoms with Crippen molar-refractivity contribution in [2.24, 2.45) is 0 Å². The molecule has 0 N–H and O–H groups in total. The van der Waals surface area contributed by atoms with E-state index >= 15 is 0 Å². The van der Waals surface area contributed by atoms with Crippen LogP contribution in [0.1, 0.15) is 0 Å². The van der Waals surface area contributed by atoms with E-state index in [-0.39, 0.29) is 33.1 Å². The smallest absolute Gasteiger partial charge is 0.549 e. The van der Waals surface area contributed by atoms with Crippen LogP contribution in [0.4, 0.5) is 0 Å². The third-order valence-electron chi connectivity index (χ3n) is 0.327. The van der Waals surface area contributed by atoms with E-state index in [1.807, 2.05) is 0 Å². The quantitative estimate of drug-likeness (QED) is 0.189. The van der Waals surface area contributed by atoms with E-state index in [0.29, 0.717) is 0 Å². The Labute approximate surface area is 146 Å². The Hall–Kier alpha value is 1.24. The van der Waals surface area contributed by atoms with Gasteiger partial charge < -0.3 is 29.7 Å². The Bertz CT molecular complexity index is 167. The molecule has 0 aliphatic carbocycles. The minimum absolute atomic E-state index is 0. The van der Waals surface area contributed by atoms with E-state index in [4.69, 9.17) is 0 Å². The van der Waals surface area contributed by atoms with Gasteiger partial charge in [-0.25, -0.2) is 0 Å². The number of carboxylic acid groups (broad SMARTS) is 3. The number of aliphatic carboxylic acids is 3. The standard InChI is InChI=1S/3C2H3IO2.Ga/c3*3-1-2(4)5;/h3*1H2,(H,4,5);/q;;;+3/p-3. The maximum atomic E-state index is 9.25. The first kappa shape index (κ1) is 25.9. The Balaban J connectivity index is -0.0000000655. The van der Waals surface area contributed by atoms with Crippen molar-refractivity contribution >= 4 is 105 Å². The second-order valence-electron chi connectivity index (χ2n) is 1.52. The number of carbonyl (C=O) groups excluding carboxylic acids is 3. The van der Waals surface area contributed by atoms with E-state index in [2.05, 4.69) is 0 Å². The summed E-state index contributed by atoms with van der Waals surface area (Å²) >= 11 is 5.15. The first-order valence-corrected chi connectivity index (χ1v) is 7.66. The number of halogens is 3. The molecular formula is C6H6GaI3O6. The summed E-state index contributed by atoms with van der Waals surface area (Å²) in [5.74, 6) is -3.03. The molecule has 0 radical (unpaired) electrons. The van der Waals surface area contributed by atoms with E-state index < -0.39 is 17.9 Å². The molecular weight excluding hydrogens is 618 g/mol. The molecule has 0 aromatic rings. The van der Waals surface area contributed by atoms with Gasteiger partial charge in [-0.3, -0.25) is 0 Å². The molecule has 6 nitrogen and oxygen atoms in total. The molecule has 0 aliphatic rings. The molecule has 0 amide bonds. The zero-order valence-corrected chi connectivity index (χ0v) is 16.7. The van der Waals surface area contributed by atoms with Crippen molar-refractivity contribution in [3.63, 3.8) is 0 Å². The number of hydrogen-bond acceptors (Lipinski definition) is 6. The topological polar surface area (TPSA) is 120 Å². The van der Waals surface area contributed by atoms with Crippen LogP contribution >= 0.6 is 67.8 Å². The van der Waals surface area contributed by atoms with Crippen LogP contribution in [0.5, 0.6) is 0 Å². The Morgan fingerprint density at radius 2 is 0.750 bits per heavy atom. The third-order valence-corrected chi connectivity index (χ3v) is 2.20. The predicted molar refractivity (Wildman–Crippen MR) is 77.4 cm³/mol. The van der Waals surface area contributed by atoms with Gasteiger partial charge >= 0.3 is 19.8 Å². The predicted octanol–water partition coefficient (Wildman–Crippen LogP) is -2.87. The summed E-state index contributed by atoms with van der Waals surface area (Å²) in [5, 5.41) is 27.7. The number of alkyl halides is 3. The van der Waals surface area contributed by atoms with Crippen LogP contribution in [-0.4, -0.2) is 51.0 Å². The van der Waals surface area contributed by atoms with Gasteiger partial charge in [-0.15, -0.1) is 0 Å². The van der Waals surface area contributed by atoms with Gasteiger partial charge in [0.05, 0.1) is 17.9 Å². The van der Waals surface area contributed by atoms with Crippen LogP contribution in [0.2, 0.25) is 0 Å². The number of rotatable bonds is 3. The van der Waals surface area contributed by atoms with Crippen molar-refractivity contribution in [1.82, 2.24) is 0 Å². The van der Waals surface area contributed by atoms with Gasteiger partial charge in [-0.2, -0.15) is 0 Å². The number of carboxylic acids is 3. The molecule has 16 heavy (non-hydrogen) atoms. The Kier molecular flexibility index (Phi) is 34.9. The van der Waals surface area contributed by atoms with E-state index in [1.165, 1.54) is 0 Å². The van der Waals surface area contributed by atoms with Crippen LogP contribution in [0.15, 0.2) is 0 Å². The van der Waals surface area contributed by atoms with Crippen LogP contribution in [0.3, 0.4) is 0 Å². The molecule has 0 fully saturated rings. The SMILES string of the molecule is O=C([O-])CI.O=C([O-])CI.O=C([O-])CI.[Ga+3]. The minimum atomic E-state index is -1.01. The van der Waals surface area contributed by atoms with Gasteiger partial charge in [0, 0.05) is 13.3 Å².